The predicted molar refractivity (Wildman–Crippen MR) is 79.1 cm³/mol. The molecule has 0 unspecified atom stereocenters. The molecule has 106 valence electrons. The van der Waals surface area contributed by atoms with E-state index in [0.717, 1.165) is 0 Å². The van der Waals surface area contributed by atoms with Crippen LogP contribution < -0.4 is 24.8 Å². The fourth-order valence-corrected chi connectivity index (χ4v) is 1.39. The van der Waals surface area contributed by atoms with Crippen LogP contribution in [-0.4, -0.2) is 9.98 Å². The Kier molecular flexibility index (Phi) is 15.9. The van der Waals surface area contributed by atoms with Crippen molar-refractivity contribution in [1.82, 2.24) is 0 Å². The summed E-state index contributed by atoms with van der Waals surface area (Å²) in [7, 11) is -0.243. The molecular weight excluding hydrogens is 427 g/mol. The molecule has 0 aliphatic heterocycles. The molecule has 0 aromatic heterocycles. The first-order chi connectivity index (χ1) is 8.70. The third-order valence-electron chi connectivity index (χ3n) is 2.10. The summed E-state index contributed by atoms with van der Waals surface area (Å²) in [6, 6.07) is 24.7. The molecule has 0 aliphatic rings. The first kappa shape index (κ1) is 22.5. The van der Waals surface area contributed by atoms with Gasteiger partial charge in [-0.05, 0) is 0 Å². The average Bonchev–Trinajstić information content (AvgIpc) is 3.03. The van der Waals surface area contributed by atoms with Crippen LogP contribution in [0.2, 0.25) is 11.5 Å². The third kappa shape index (κ3) is 10.9. The zero-order valence-electron chi connectivity index (χ0n) is 11.7. The quantitative estimate of drug-likeness (QED) is 0.300. The summed E-state index contributed by atoms with van der Waals surface area (Å²) < 4.78 is 0. The van der Waals surface area contributed by atoms with E-state index in [0.29, 0.717) is 0 Å². The maximum Gasteiger partial charge on any atom is -0.0809 e. The Bertz CT molecular complexity index is 507. The minimum Gasteiger partial charge on any atom is -1.00 e. The molecule has 0 bridgehead atoms. The minimum absolute atomic E-state index is 0. The Morgan fingerprint density at radius 1 is 0.850 bits per heavy atom. The Morgan fingerprint density at radius 3 is 1.85 bits per heavy atom. The fourth-order valence-electron chi connectivity index (χ4n) is 1.39. The van der Waals surface area contributed by atoms with E-state index in [1.54, 1.807) is 21.6 Å². The van der Waals surface area contributed by atoms with Crippen molar-refractivity contribution in [3.8, 4) is 0 Å². The van der Waals surface area contributed by atoms with Crippen molar-refractivity contribution in [1.29, 1.82) is 0 Å². The van der Waals surface area contributed by atoms with Crippen LogP contribution in [0, 0.1) is 0 Å². The monoisotopic (exact) mass is 444 g/mol. The SMILES string of the molecule is [CH3][Ge]([CH3])=[Zr+2].[Cl-].[Cl-].c1cc[cH-]c1.c1ccc2[cH-]ccc2c1. The zero-order chi connectivity index (χ0) is 13.2. The van der Waals surface area contributed by atoms with Crippen LogP contribution in [0.5, 0.6) is 0 Å². The fraction of sp³-hybridized carbons (Fsp3) is 0.125. The first-order valence-electron chi connectivity index (χ1n) is 5.99. The van der Waals surface area contributed by atoms with E-state index < -0.39 is 0 Å². The second-order valence-electron chi connectivity index (χ2n) is 4.12. The number of benzene rings is 1. The number of fused-ring (bicyclic) bond motifs is 1. The van der Waals surface area contributed by atoms with E-state index >= 15 is 0 Å². The van der Waals surface area contributed by atoms with E-state index in [1.807, 2.05) is 30.3 Å². The van der Waals surface area contributed by atoms with Crippen molar-refractivity contribution in [2.24, 2.45) is 0 Å². The van der Waals surface area contributed by atoms with Gasteiger partial charge in [-0.15, -0.1) is 29.7 Å². The van der Waals surface area contributed by atoms with Gasteiger partial charge in [-0.25, -0.2) is 12.1 Å². The van der Waals surface area contributed by atoms with Gasteiger partial charge in [0.15, 0.2) is 0 Å². The van der Waals surface area contributed by atoms with E-state index in [4.69, 9.17) is 0 Å². The van der Waals surface area contributed by atoms with Gasteiger partial charge in [0, 0.05) is 0 Å². The molecule has 0 saturated carbocycles. The normalized spacial score (nSPS) is 8.00. The van der Waals surface area contributed by atoms with Crippen molar-refractivity contribution in [2.45, 2.75) is 11.5 Å². The van der Waals surface area contributed by atoms with E-state index in [2.05, 4.69) is 54.0 Å². The Labute approximate surface area is 150 Å². The summed E-state index contributed by atoms with van der Waals surface area (Å²) in [5.74, 6) is 4.75. The van der Waals surface area contributed by atoms with Crippen molar-refractivity contribution < 1.29 is 46.4 Å². The molecule has 0 radical (unpaired) electrons. The largest absolute Gasteiger partial charge is 1.00 e. The number of hydrogen-bond acceptors (Lipinski definition) is 0. The molecule has 3 aromatic carbocycles. The van der Waals surface area contributed by atoms with Gasteiger partial charge in [0.25, 0.3) is 0 Å². The van der Waals surface area contributed by atoms with Gasteiger partial charge < -0.3 is 24.8 Å². The first-order valence-corrected chi connectivity index (χ1v) is 17.6. The summed E-state index contributed by atoms with van der Waals surface area (Å²) in [5.41, 5.74) is 0. The van der Waals surface area contributed by atoms with E-state index in [-0.39, 0.29) is 34.8 Å². The average molecular weight is 445 g/mol. The van der Waals surface area contributed by atoms with Crippen molar-refractivity contribution in [2.75, 3.05) is 0 Å². The van der Waals surface area contributed by atoms with Crippen LogP contribution in [0.25, 0.3) is 10.8 Å². The molecular formula is C16H18Cl2GeZr-2. The summed E-state index contributed by atoms with van der Waals surface area (Å²) in [6.07, 6.45) is 0. The molecule has 0 heterocycles. The molecule has 0 saturated heterocycles. The topological polar surface area (TPSA) is 0 Å². The summed E-state index contributed by atoms with van der Waals surface area (Å²) in [6.45, 7) is 0. The molecule has 4 heteroatoms. The standard InChI is InChI=1S/C9H7.C5H5.C2H6Ge.2ClH.Zr/c1-2-5-9-7-3-6-8(9)4-1;1-2-4-5-3-1;1-3-2;;;/h1-7H;1-5H;1-2H3;2*1H;/q2*-1;;;;+2/p-2. The molecule has 0 amide bonds. The van der Waals surface area contributed by atoms with Gasteiger partial charge in [0.1, 0.15) is 0 Å². The smallest absolute Gasteiger partial charge is 0.0809 e. The summed E-state index contributed by atoms with van der Waals surface area (Å²) in [5, 5.41) is 2.66. The van der Waals surface area contributed by atoms with Gasteiger partial charge >= 0.3 is 43.1 Å². The van der Waals surface area contributed by atoms with E-state index in [9.17, 15) is 0 Å². The Balaban J connectivity index is 0. The Hall–Kier alpha value is 0.186. The van der Waals surface area contributed by atoms with Gasteiger partial charge in [0.05, 0.1) is 0 Å². The molecule has 0 nitrogen and oxygen atoms in total. The Morgan fingerprint density at radius 2 is 1.40 bits per heavy atom. The molecule has 3 aromatic rings. The van der Waals surface area contributed by atoms with Crippen LogP contribution in [0.1, 0.15) is 0 Å². The molecule has 3 rings (SSSR count). The van der Waals surface area contributed by atoms with E-state index in [1.165, 1.54) is 10.8 Å². The molecule has 0 N–H and O–H groups in total. The third-order valence-corrected chi connectivity index (χ3v) is 2.10. The maximum absolute atomic E-state index is 2.37. The second-order valence-corrected chi connectivity index (χ2v) is 21.1. The zero-order valence-corrected chi connectivity index (χ0v) is 17.8. The van der Waals surface area contributed by atoms with Crippen LogP contribution >= 0.6 is 0 Å². The summed E-state index contributed by atoms with van der Waals surface area (Å²) in [4.78, 5) is 0. The molecule has 0 spiro atoms. The molecule has 0 atom stereocenters. The van der Waals surface area contributed by atoms with Gasteiger partial charge in [-0.1, -0.05) is 6.07 Å². The summed E-state index contributed by atoms with van der Waals surface area (Å²) >= 11 is 1.80. The maximum atomic E-state index is 2.37. The molecule has 20 heavy (non-hydrogen) atoms. The van der Waals surface area contributed by atoms with Crippen molar-refractivity contribution in [3.63, 3.8) is 0 Å². The van der Waals surface area contributed by atoms with Gasteiger partial charge in [0.2, 0.25) is 0 Å². The minimum atomic E-state index is -0.243. The van der Waals surface area contributed by atoms with Gasteiger partial charge in [-0.2, -0.15) is 35.7 Å². The molecule has 0 aliphatic carbocycles. The second kappa shape index (κ2) is 14.1. The molecule has 0 fully saturated rings. The van der Waals surface area contributed by atoms with Crippen LogP contribution in [0.3, 0.4) is 0 Å². The number of halogens is 2. The number of rotatable bonds is 0. The van der Waals surface area contributed by atoms with Crippen LogP contribution in [-0.2, 0) is 21.6 Å². The van der Waals surface area contributed by atoms with Gasteiger partial charge in [-0.3, -0.25) is 0 Å². The van der Waals surface area contributed by atoms with Crippen molar-refractivity contribution >= 4 is 20.7 Å². The van der Waals surface area contributed by atoms with Crippen LogP contribution in [0.15, 0.2) is 72.8 Å². The predicted octanol–water partition coefficient (Wildman–Crippen LogP) is -1.24. The number of hydrogen-bond donors (Lipinski definition) is 0. The van der Waals surface area contributed by atoms with Crippen molar-refractivity contribution in [3.05, 3.63) is 72.8 Å². The van der Waals surface area contributed by atoms with Crippen LogP contribution in [0.4, 0.5) is 0 Å².